The molecule has 0 saturated carbocycles. The summed E-state index contributed by atoms with van der Waals surface area (Å²) in [5.41, 5.74) is 9.50. The molecule has 3 aromatic heterocycles. The number of hydrogen-bond donors (Lipinski definition) is 0. The molecule has 0 radical (unpaired) electrons. The standard InChI is InChI=1S/C39H31NO2/c1-38(2,3)20-21-16-29-34-32(17-21)41-30-14-15-40-36(35(30)34)27-19-31-26(18-28(27)39(29,4)5)25-13-12-23-11-10-22-8-6-7-9-24(22)33(23)37(25)42-31/h6-19H,20H2,1-5H3. The molecule has 0 atom stereocenters. The van der Waals surface area contributed by atoms with Gasteiger partial charge in [-0.15, -0.1) is 0 Å². The molecule has 9 rings (SSSR count). The molecule has 0 fully saturated rings. The van der Waals surface area contributed by atoms with Gasteiger partial charge in [0.1, 0.15) is 22.3 Å². The Balaban J connectivity index is 1.41. The van der Waals surface area contributed by atoms with E-state index in [1.54, 1.807) is 0 Å². The number of aromatic nitrogens is 1. The SMILES string of the molecule is CC(C)(C)Cc1cc2c3c(c1)oc1ccnc(c13)-c1cc3oc4c(ccc5ccc6ccccc6c54)c3cc1C2(C)C. The normalized spacial score (nSPS) is 14.6. The summed E-state index contributed by atoms with van der Waals surface area (Å²) in [6.07, 6.45) is 2.85. The van der Waals surface area contributed by atoms with Gasteiger partial charge in [-0.1, -0.05) is 83.1 Å². The molecule has 42 heavy (non-hydrogen) atoms. The Labute approximate surface area is 243 Å². The minimum atomic E-state index is -0.291. The molecule has 0 spiro atoms. The molecule has 1 aliphatic carbocycles. The molecule has 5 aromatic carbocycles. The van der Waals surface area contributed by atoms with Crippen LogP contribution in [0.25, 0.3) is 76.7 Å². The molecule has 0 unspecified atom stereocenters. The number of benzene rings is 5. The topological polar surface area (TPSA) is 39.2 Å². The molecule has 3 heterocycles. The lowest BCUT2D eigenvalue weighted by atomic mass is 9.74. The predicted octanol–water partition coefficient (Wildman–Crippen LogP) is 11.1. The van der Waals surface area contributed by atoms with E-state index in [1.165, 1.54) is 43.6 Å². The maximum atomic E-state index is 6.80. The van der Waals surface area contributed by atoms with Crippen molar-refractivity contribution < 1.29 is 8.83 Å². The van der Waals surface area contributed by atoms with E-state index in [-0.39, 0.29) is 10.8 Å². The van der Waals surface area contributed by atoms with Crippen molar-refractivity contribution in [2.24, 2.45) is 5.41 Å². The lowest BCUT2D eigenvalue weighted by Gasteiger charge is -2.29. The molecule has 0 N–H and O–H groups in total. The first kappa shape index (κ1) is 24.0. The van der Waals surface area contributed by atoms with Crippen molar-refractivity contribution in [2.75, 3.05) is 0 Å². The number of pyridine rings is 1. The van der Waals surface area contributed by atoms with E-state index >= 15 is 0 Å². The van der Waals surface area contributed by atoms with Crippen LogP contribution in [0.1, 0.15) is 51.3 Å². The van der Waals surface area contributed by atoms with Crippen LogP contribution in [0.4, 0.5) is 0 Å². The van der Waals surface area contributed by atoms with Gasteiger partial charge in [-0.25, -0.2) is 0 Å². The highest BCUT2D eigenvalue weighted by molar-refractivity contribution is 6.23. The summed E-state index contributed by atoms with van der Waals surface area (Å²) < 4.78 is 13.3. The molecule has 0 saturated heterocycles. The van der Waals surface area contributed by atoms with Crippen LogP contribution < -0.4 is 0 Å². The second-order valence-electron chi connectivity index (χ2n) is 13.8. The van der Waals surface area contributed by atoms with Crippen LogP contribution in [0.2, 0.25) is 0 Å². The van der Waals surface area contributed by atoms with Crippen LogP contribution in [-0.4, -0.2) is 4.98 Å². The lowest BCUT2D eigenvalue weighted by molar-refractivity contribution is 0.411. The number of nitrogens with zero attached hydrogens (tertiary/aromatic N) is 1. The van der Waals surface area contributed by atoms with Crippen LogP contribution in [0.3, 0.4) is 0 Å². The predicted molar refractivity (Wildman–Crippen MR) is 175 cm³/mol. The highest BCUT2D eigenvalue weighted by Crippen LogP contribution is 2.51. The number of furan rings is 2. The summed E-state index contributed by atoms with van der Waals surface area (Å²) in [5.74, 6) is 0. The Hall–Kier alpha value is -4.63. The minimum absolute atomic E-state index is 0.167. The van der Waals surface area contributed by atoms with Crippen molar-refractivity contribution in [3.05, 3.63) is 102 Å². The first-order chi connectivity index (χ1) is 20.2. The van der Waals surface area contributed by atoms with Gasteiger partial charge in [0.25, 0.3) is 0 Å². The average Bonchev–Trinajstić information content (AvgIpc) is 3.50. The lowest BCUT2D eigenvalue weighted by Crippen LogP contribution is -2.20. The van der Waals surface area contributed by atoms with E-state index in [9.17, 15) is 0 Å². The van der Waals surface area contributed by atoms with Gasteiger partial charge >= 0.3 is 0 Å². The van der Waals surface area contributed by atoms with Crippen LogP contribution in [-0.2, 0) is 11.8 Å². The Kier molecular flexibility index (Phi) is 4.46. The molecule has 204 valence electrons. The number of hydrogen-bond acceptors (Lipinski definition) is 3. The van der Waals surface area contributed by atoms with Gasteiger partial charge in [-0.2, -0.15) is 0 Å². The van der Waals surface area contributed by atoms with Gasteiger partial charge in [0.05, 0.1) is 11.1 Å². The summed E-state index contributed by atoms with van der Waals surface area (Å²) in [5, 5.41) is 9.38. The minimum Gasteiger partial charge on any atom is -0.456 e. The fraction of sp³-hybridized carbons (Fsp3) is 0.205. The summed E-state index contributed by atoms with van der Waals surface area (Å²) in [7, 11) is 0. The second kappa shape index (κ2) is 7.80. The first-order valence-electron chi connectivity index (χ1n) is 14.8. The van der Waals surface area contributed by atoms with E-state index in [4.69, 9.17) is 13.8 Å². The van der Waals surface area contributed by atoms with Crippen LogP contribution >= 0.6 is 0 Å². The Bertz CT molecular complexity index is 2450. The van der Waals surface area contributed by atoms with Gasteiger partial charge in [-0.3, -0.25) is 4.98 Å². The van der Waals surface area contributed by atoms with E-state index in [0.717, 1.165) is 56.2 Å². The largest absolute Gasteiger partial charge is 0.456 e. The fourth-order valence-electron chi connectivity index (χ4n) is 7.54. The van der Waals surface area contributed by atoms with Crippen LogP contribution in [0.15, 0.2) is 93.9 Å². The summed E-state index contributed by atoms with van der Waals surface area (Å²) in [6, 6.07) is 28.7. The van der Waals surface area contributed by atoms with Crippen molar-refractivity contribution in [2.45, 2.75) is 46.5 Å². The van der Waals surface area contributed by atoms with Gasteiger partial charge in [0.15, 0.2) is 0 Å². The molecular formula is C39H31NO2. The highest BCUT2D eigenvalue weighted by Gasteiger charge is 2.36. The van der Waals surface area contributed by atoms with Crippen molar-refractivity contribution in [3.8, 4) is 11.3 Å². The third kappa shape index (κ3) is 3.14. The molecule has 0 bridgehead atoms. The van der Waals surface area contributed by atoms with Crippen molar-refractivity contribution in [3.63, 3.8) is 0 Å². The third-order valence-electron chi connectivity index (χ3n) is 9.37. The Morgan fingerprint density at radius 2 is 1.48 bits per heavy atom. The Morgan fingerprint density at radius 1 is 0.667 bits per heavy atom. The van der Waals surface area contributed by atoms with E-state index in [2.05, 4.69) is 107 Å². The quantitative estimate of drug-likeness (QED) is 0.193. The number of fused-ring (bicyclic) bond motifs is 9. The molecule has 0 aliphatic heterocycles. The fourth-order valence-corrected chi connectivity index (χ4v) is 7.54. The monoisotopic (exact) mass is 545 g/mol. The Morgan fingerprint density at radius 3 is 2.33 bits per heavy atom. The summed E-state index contributed by atoms with van der Waals surface area (Å²) in [6.45, 7) is 11.6. The molecular weight excluding hydrogens is 514 g/mol. The summed E-state index contributed by atoms with van der Waals surface area (Å²) >= 11 is 0. The molecule has 3 heteroatoms. The molecule has 0 amide bonds. The third-order valence-corrected chi connectivity index (χ3v) is 9.37. The zero-order valence-corrected chi connectivity index (χ0v) is 24.6. The van der Waals surface area contributed by atoms with Crippen molar-refractivity contribution >= 4 is 65.4 Å². The van der Waals surface area contributed by atoms with E-state index in [0.29, 0.717) is 0 Å². The van der Waals surface area contributed by atoms with Crippen molar-refractivity contribution in [1.29, 1.82) is 0 Å². The van der Waals surface area contributed by atoms with E-state index in [1.807, 2.05) is 12.3 Å². The zero-order valence-electron chi connectivity index (χ0n) is 24.6. The molecule has 3 nitrogen and oxygen atoms in total. The maximum Gasteiger partial charge on any atom is 0.143 e. The van der Waals surface area contributed by atoms with Gasteiger partial charge in [0.2, 0.25) is 0 Å². The van der Waals surface area contributed by atoms with Crippen LogP contribution in [0, 0.1) is 5.41 Å². The van der Waals surface area contributed by atoms with Gasteiger partial charge < -0.3 is 8.83 Å². The highest BCUT2D eigenvalue weighted by atomic mass is 16.3. The molecule has 1 aliphatic rings. The summed E-state index contributed by atoms with van der Waals surface area (Å²) in [4.78, 5) is 4.99. The average molecular weight is 546 g/mol. The van der Waals surface area contributed by atoms with Gasteiger partial charge in [-0.05, 0) is 75.0 Å². The smallest absolute Gasteiger partial charge is 0.143 e. The number of rotatable bonds is 1. The second-order valence-corrected chi connectivity index (χ2v) is 13.8. The molecule has 8 aromatic rings. The van der Waals surface area contributed by atoms with Crippen molar-refractivity contribution in [1.82, 2.24) is 4.98 Å². The van der Waals surface area contributed by atoms with Crippen LogP contribution in [0.5, 0.6) is 0 Å². The van der Waals surface area contributed by atoms with Gasteiger partial charge in [0, 0.05) is 38.7 Å². The maximum absolute atomic E-state index is 6.80. The first-order valence-corrected chi connectivity index (χ1v) is 14.8. The zero-order chi connectivity index (χ0) is 28.5. The van der Waals surface area contributed by atoms with E-state index < -0.39 is 0 Å².